The number of rotatable bonds is 6. The molecule has 2 N–H and O–H groups in total. The van der Waals surface area contributed by atoms with E-state index in [1.54, 1.807) is 31.0 Å². The van der Waals surface area contributed by atoms with Crippen LogP contribution in [0.2, 0.25) is 0 Å². The zero-order chi connectivity index (χ0) is 20.4. The highest BCUT2D eigenvalue weighted by Gasteiger charge is 2.15. The van der Waals surface area contributed by atoms with Crippen LogP contribution in [-0.2, 0) is 5.75 Å². The van der Waals surface area contributed by atoms with Gasteiger partial charge in [0.25, 0.3) is 0 Å². The largest absolute Gasteiger partial charge is 0.496 e. The van der Waals surface area contributed by atoms with E-state index in [-0.39, 0.29) is 0 Å². The summed E-state index contributed by atoms with van der Waals surface area (Å²) in [7, 11) is 1.67. The van der Waals surface area contributed by atoms with E-state index < -0.39 is 5.91 Å². The minimum absolute atomic E-state index is 0.454. The molecule has 0 fully saturated rings. The smallest absolute Gasteiger partial charge is 0.248 e. The molecule has 1 heterocycles. The van der Waals surface area contributed by atoms with E-state index in [4.69, 9.17) is 15.5 Å². The predicted molar refractivity (Wildman–Crippen MR) is 117 cm³/mol. The zero-order valence-electron chi connectivity index (χ0n) is 16.3. The van der Waals surface area contributed by atoms with Gasteiger partial charge < -0.3 is 10.5 Å². The molecule has 0 atom stereocenters. The van der Waals surface area contributed by atoms with Gasteiger partial charge in [-0.3, -0.25) is 9.36 Å². The SMILES string of the molecule is COc1ccccc1SCc1nc2cc(C(N)=O)ccc2n1-c1ccc(C)cc1. The van der Waals surface area contributed by atoms with Gasteiger partial charge in [-0.1, -0.05) is 29.8 Å². The molecule has 0 bridgehead atoms. The molecule has 146 valence electrons. The third-order valence-electron chi connectivity index (χ3n) is 4.73. The number of aryl methyl sites for hydroxylation is 1. The van der Waals surface area contributed by atoms with Gasteiger partial charge in [-0.25, -0.2) is 4.98 Å². The Bertz CT molecular complexity index is 1180. The van der Waals surface area contributed by atoms with Crippen molar-refractivity contribution in [3.05, 3.63) is 83.7 Å². The van der Waals surface area contributed by atoms with Crippen molar-refractivity contribution in [1.82, 2.24) is 9.55 Å². The fourth-order valence-corrected chi connectivity index (χ4v) is 4.19. The summed E-state index contributed by atoms with van der Waals surface area (Å²) in [5.74, 6) is 1.92. The molecule has 1 amide bonds. The van der Waals surface area contributed by atoms with Crippen LogP contribution in [0.1, 0.15) is 21.7 Å². The van der Waals surface area contributed by atoms with Gasteiger partial charge in [0, 0.05) is 16.1 Å². The van der Waals surface area contributed by atoms with Crippen molar-refractivity contribution in [3.8, 4) is 11.4 Å². The van der Waals surface area contributed by atoms with Crippen LogP contribution < -0.4 is 10.5 Å². The molecule has 0 spiro atoms. The molecule has 0 radical (unpaired) electrons. The number of imidazole rings is 1. The van der Waals surface area contributed by atoms with Crippen LogP contribution in [0.25, 0.3) is 16.7 Å². The van der Waals surface area contributed by atoms with Crippen LogP contribution >= 0.6 is 11.8 Å². The fourth-order valence-electron chi connectivity index (χ4n) is 3.24. The molecule has 29 heavy (non-hydrogen) atoms. The second kappa shape index (κ2) is 8.01. The fraction of sp³-hybridized carbons (Fsp3) is 0.130. The molecule has 0 aliphatic heterocycles. The first-order chi connectivity index (χ1) is 14.1. The lowest BCUT2D eigenvalue weighted by atomic mass is 10.2. The predicted octanol–water partition coefficient (Wildman–Crippen LogP) is 4.73. The Morgan fingerprint density at radius 1 is 1.10 bits per heavy atom. The molecule has 4 aromatic rings. The second-order valence-electron chi connectivity index (χ2n) is 6.71. The first-order valence-electron chi connectivity index (χ1n) is 9.21. The Labute approximate surface area is 173 Å². The lowest BCUT2D eigenvalue weighted by molar-refractivity contribution is 0.100. The molecule has 0 unspecified atom stereocenters. The summed E-state index contributed by atoms with van der Waals surface area (Å²) >= 11 is 1.66. The molecule has 0 aliphatic rings. The van der Waals surface area contributed by atoms with E-state index in [2.05, 4.69) is 35.8 Å². The molecule has 0 saturated carbocycles. The molecule has 1 aromatic heterocycles. The number of hydrogen-bond acceptors (Lipinski definition) is 4. The number of primary amides is 1. The van der Waals surface area contributed by atoms with Crippen LogP contribution in [-0.4, -0.2) is 22.6 Å². The van der Waals surface area contributed by atoms with E-state index in [0.29, 0.717) is 11.3 Å². The standard InChI is InChI=1S/C23H21N3O2S/c1-15-7-10-17(11-8-15)26-19-12-9-16(23(24)27)13-18(19)25-22(26)14-29-21-6-4-3-5-20(21)28-2/h3-13H,14H2,1-2H3,(H2,24,27). The highest BCUT2D eigenvalue weighted by Crippen LogP contribution is 2.33. The number of thioether (sulfide) groups is 1. The quantitative estimate of drug-likeness (QED) is 0.472. The Hall–Kier alpha value is -3.25. The molecule has 0 aliphatic carbocycles. The van der Waals surface area contributed by atoms with E-state index in [1.165, 1.54) is 5.56 Å². The van der Waals surface area contributed by atoms with Crippen molar-refractivity contribution in [2.75, 3.05) is 7.11 Å². The van der Waals surface area contributed by atoms with E-state index in [0.717, 1.165) is 33.2 Å². The lowest BCUT2D eigenvalue weighted by Gasteiger charge is -2.11. The summed E-state index contributed by atoms with van der Waals surface area (Å²) in [5.41, 5.74) is 9.82. The lowest BCUT2D eigenvalue weighted by Crippen LogP contribution is -2.10. The van der Waals surface area contributed by atoms with Crippen molar-refractivity contribution in [2.45, 2.75) is 17.6 Å². The topological polar surface area (TPSA) is 70.1 Å². The number of ether oxygens (including phenoxy) is 1. The minimum atomic E-state index is -0.457. The molecule has 4 rings (SSSR count). The number of fused-ring (bicyclic) bond motifs is 1. The number of methoxy groups -OCH3 is 1. The summed E-state index contributed by atoms with van der Waals surface area (Å²) in [6.07, 6.45) is 0. The molecule has 6 heteroatoms. The third-order valence-corrected chi connectivity index (χ3v) is 5.78. The maximum atomic E-state index is 11.6. The van der Waals surface area contributed by atoms with Crippen LogP contribution in [0.5, 0.6) is 5.75 Å². The highest BCUT2D eigenvalue weighted by atomic mass is 32.2. The molecule has 5 nitrogen and oxygen atoms in total. The van der Waals surface area contributed by atoms with Crippen molar-refractivity contribution in [1.29, 1.82) is 0 Å². The van der Waals surface area contributed by atoms with Gasteiger partial charge >= 0.3 is 0 Å². The number of carbonyl (C=O) groups excluding carboxylic acids is 1. The first-order valence-corrected chi connectivity index (χ1v) is 10.2. The van der Waals surface area contributed by atoms with Crippen LogP contribution in [0.4, 0.5) is 0 Å². The van der Waals surface area contributed by atoms with Gasteiger partial charge in [0.05, 0.1) is 23.9 Å². The van der Waals surface area contributed by atoms with Crippen LogP contribution in [0.15, 0.2) is 71.6 Å². The van der Waals surface area contributed by atoms with Gasteiger partial charge in [0.1, 0.15) is 11.6 Å². The van der Waals surface area contributed by atoms with Crippen LogP contribution in [0.3, 0.4) is 0 Å². The maximum Gasteiger partial charge on any atom is 0.248 e. The molecular weight excluding hydrogens is 382 g/mol. The van der Waals surface area contributed by atoms with Crippen molar-refractivity contribution in [2.24, 2.45) is 5.73 Å². The normalized spacial score (nSPS) is 11.0. The van der Waals surface area contributed by atoms with Gasteiger partial charge in [-0.2, -0.15) is 0 Å². The average Bonchev–Trinajstić information content (AvgIpc) is 3.10. The summed E-state index contributed by atoms with van der Waals surface area (Å²) in [4.78, 5) is 17.5. The van der Waals surface area contributed by atoms with Gasteiger partial charge in [0.2, 0.25) is 5.91 Å². The van der Waals surface area contributed by atoms with Crippen molar-refractivity contribution in [3.63, 3.8) is 0 Å². The number of nitrogens with two attached hydrogens (primary N) is 1. The van der Waals surface area contributed by atoms with Gasteiger partial charge in [-0.15, -0.1) is 11.8 Å². The first kappa shape index (κ1) is 19.1. The Kier molecular flexibility index (Phi) is 5.27. The number of carbonyl (C=O) groups is 1. The minimum Gasteiger partial charge on any atom is -0.496 e. The summed E-state index contributed by atoms with van der Waals surface area (Å²) in [6, 6.07) is 21.6. The van der Waals surface area contributed by atoms with Crippen molar-refractivity contribution < 1.29 is 9.53 Å². The second-order valence-corrected chi connectivity index (χ2v) is 7.72. The summed E-state index contributed by atoms with van der Waals surface area (Å²) < 4.78 is 7.59. The molecular formula is C23H21N3O2S. The number of para-hydroxylation sites is 1. The summed E-state index contributed by atoms with van der Waals surface area (Å²) in [6.45, 7) is 2.06. The third kappa shape index (κ3) is 3.84. The number of aromatic nitrogens is 2. The number of nitrogens with zero attached hydrogens (tertiary/aromatic N) is 2. The monoisotopic (exact) mass is 403 g/mol. The van der Waals surface area contributed by atoms with E-state index >= 15 is 0 Å². The number of hydrogen-bond donors (Lipinski definition) is 1. The van der Waals surface area contributed by atoms with E-state index in [1.807, 2.05) is 30.3 Å². The Balaban J connectivity index is 1.79. The zero-order valence-corrected chi connectivity index (χ0v) is 17.1. The summed E-state index contributed by atoms with van der Waals surface area (Å²) in [5, 5.41) is 0. The number of benzene rings is 3. The van der Waals surface area contributed by atoms with Crippen LogP contribution in [0, 0.1) is 6.92 Å². The van der Waals surface area contributed by atoms with Crippen molar-refractivity contribution >= 4 is 28.7 Å². The Morgan fingerprint density at radius 3 is 2.59 bits per heavy atom. The molecule has 3 aromatic carbocycles. The highest BCUT2D eigenvalue weighted by molar-refractivity contribution is 7.98. The van der Waals surface area contributed by atoms with Gasteiger partial charge in [-0.05, 0) is 49.4 Å². The Morgan fingerprint density at radius 2 is 1.86 bits per heavy atom. The average molecular weight is 404 g/mol. The number of amides is 1. The molecule has 0 saturated heterocycles. The van der Waals surface area contributed by atoms with Gasteiger partial charge in [0.15, 0.2) is 0 Å². The van der Waals surface area contributed by atoms with E-state index in [9.17, 15) is 4.79 Å². The maximum absolute atomic E-state index is 11.6.